The molecule has 0 aliphatic rings. The van der Waals surface area contributed by atoms with Crippen LogP contribution in [0.15, 0.2) is 60.7 Å². The van der Waals surface area contributed by atoms with E-state index in [-0.39, 0.29) is 12.8 Å². The van der Waals surface area contributed by atoms with Gasteiger partial charge in [0, 0.05) is 12.8 Å². The van der Waals surface area contributed by atoms with Crippen molar-refractivity contribution >= 4 is 23.8 Å². The standard InChI is InChI=1S/C24H28N2O6/c1-24(2,3)32-23(31)25-26(19(22(29)30)16-18-12-8-5-9-13-18)21(28)20(27)15-14-17-10-6-4-7-11-17/h4-13,19H,14-16H2,1-3H3,(H,25,31)(H,29,30)/t19-/m0/s1. The van der Waals surface area contributed by atoms with Gasteiger partial charge >= 0.3 is 18.0 Å². The number of hydrogen-bond acceptors (Lipinski definition) is 5. The number of carbonyl (C=O) groups excluding carboxylic acids is 3. The van der Waals surface area contributed by atoms with Gasteiger partial charge in [-0.1, -0.05) is 60.7 Å². The second-order valence-electron chi connectivity index (χ2n) is 8.24. The zero-order chi connectivity index (χ0) is 23.7. The minimum Gasteiger partial charge on any atom is -0.480 e. The molecule has 2 rings (SSSR count). The van der Waals surface area contributed by atoms with Crippen molar-refractivity contribution in [2.75, 3.05) is 0 Å². The van der Waals surface area contributed by atoms with Gasteiger partial charge < -0.3 is 9.84 Å². The first-order chi connectivity index (χ1) is 15.1. The quantitative estimate of drug-likeness (QED) is 0.482. The molecule has 0 aliphatic carbocycles. The average Bonchev–Trinajstić information content (AvgIpc) is 2.74. The lowest BCUT2D eigenvalue weighted by Crippen LogP contribution is -2.58. The van der Waals surface area contributed by atoms with Gasteiger partial charge in [-0.3, -0.25) is 9.59 Å². The minimum atomic E-state index is -1.50. The summed E-state index contributed by atoms with van der Waals surface area (Å²) >= 11 is 0. The second kappa shape index (κ2) is 11.1. The molecule has 2 aromatic carbocycles. The number of benzene rings is 2. The van der Waals surface area contributed by atoms with Crippen molar-refractivity contribution in [1.82, 2.24) is 10.4 Å². The smallest absolute Gasteiger partial charge is 0.426 e. The molecule has 0 radical (unpaired) electrons. The fourth-order valence-electron chi connectivity index (χ4n) is 2.94. The Morgan fingerprint density at radius 2 is 1.47 bits per heavy atom. The van der Waals surface area contributed by atoms with E-state index in [1.54, 1.807) is 51.1 Å². The number of carboxylic acids is 1. The van der Waals surface area contributed by atoms with E-state index in [2.05, 4.69) is 5.43 Å². The van der Waals surface area contributed by atoms with Gasteiger partial charge in [-0.25, -0.2) is 20.0 Å². The summed E-state index contributed by atoms with van der Waals surface area (Å²) in [6.07, 6.45) is -0.959. The fourth-order valence-corrected chi connectivity index (χ4v) is 2.94. The summed E-state index contributed by atoms with van der Waals surface area (Å²) < 4.78 is 5.16. The number of rotatable bonds is 8. The van der Waals surface area contributed by atoms with Crippen LogP contribution in [-0.4, -0.2) is 45.5 Å². The van der Waals surface area contributed by atoms with Gasteiger partial charge in [-0.05, 0) is 38.3 Å². The number of amides is 2. The van der Waals surface area contributed by atoms with E-state index in [9.17, 15) is 24.3 Å². The van der Waals surface area contributed by atoms with Crippen LogP contribution in [0, 0.1) is 0 Å². The highest BCUT2D eigenvalue weighted by molar-refractivity contribution is 6.36. The molecule has 0 bridgehead atoms. The molecular formula is C24H28N2O6. The third kappa shape index (κ3) is 7.86. The van der Waals surface area contributed by atoms with Crippen molar-refractivity contribution in [3.8, 4) is 0 Å². The molecule has 0 aromatic heterocycles. The molecule has 170 valence electrons. The number of hydrogen-bond donors (Lipinski definition) is 2. The van der Waals surface area contributed by atoms with Crippen molar-refractivity contribution in [2.24, 2.45) is 0 Å². The fraction of sp³-hybridized carbons (Fsp3) is 0.333. The molecule has 0 aliphatic heterocycles. The van der Waals surface area contributed by atoms with E-state index < -0.39 is 35.4 Å². The molecule has 2 aromatic rings. The maximum atomic E-state index is 12.9. The maximum Gasteiger partial charge on any atom is 0.426 e. The van der Waals surface area contributed by atoms with Crippen molar-refractivity contribution < 1.29 is 29.0 Å². The molecule has 32 heavy (non-hydrogen) atoms. The Bertz CT molecular complexity index is 938. The summed E-state index contributed by atoms with van der Waals surface area (Å²) in [5.41, 5.74) is 2.78. The number of hydrazine groups is 1. The van der Waals surface area contributed by atoms with Crippen LogP contribution in [0.25, 0.3) is 0 Å². The summed E-state index contributed by atoms with van der Waals surface area (Å²) in [6.45, 7) is 4.88. The molecule has 0 unspecified atom stereocenters. The van der Waals surface area contributed by atoms with Gasteiger partial charge in [0.1, 0.15) is 5.60 Å². The molecule has 0 spiro atoms. The van der Waals surface area contributed by atoms with Gasteiger partial charge in [-0.15, -0.1) is 0 Å². The van der Waals surface area contributed by atoms with Crippen LogP contribution in [0.5, 0.6) is 0 Å². The molecule has 2 N–H and O–H groups in total. The van der Waals surface area contributed by atoms with Gasteiger partial charge in [0.25, 0.3) is 0 Å². The lowest BCUT2D eigenvalue weighted by Gasteiger charge is -2.30. The summed E-state index contributed by atoms with van der Waals surface area (Å²) in [7, 11) is 0. The molecule has 0 saturated carbocycles. The number of aliphatic carboxylic acids is 1. The highest BCUT2D eigenvalue weighted by Gasteiger charge is 2.35. The monoisotopic (exact) mass is 440 g/mol. The van der Waals surface area contributed by atoms with E-state index in [1.165, 1.54) is 0 Å². The number of aryl methyl sites for hydroxylation is 1. The van der Waals surface area contributed by atoms with Crippen LogP contribution in [0.2, 0.25) is 0 Å². The average molecular weight is 440 g/mol. The maximum absolute atomic E-state index is 12.9. The number of Topliss-reactive ketones (excluding diaryl/α,β-unsaturated/α-hetero) is 1. The predicted molar refractivity (Wildman–Crippen MR) is 118 cm³/mol. The van der Waals surface area contributed by atoms with Crippen LogP contribution in [-0.2, 0) is 32.0 Å². The summed E-state index contributed by atoms with van der Waals surface area (Å²) in [5.74, 6) is -3.30. The summed E-state index contributed by atoms with van der Waals surface area (Å²) in [6, 6.07) is 16.2. The van der Waals surface area contributed by atoms with Gasteiger partial charge in [0.2, 0.25) is 5.78 Å². The van der Waals surface area contributed by atoms with Crippen LogP contribution in [0.3, 0.4) is 0 Å². The Morgan fingerprint density at radius 1 is 0.938 bits per heavy atom. The van der Waals surface area contributed by atoms with Crippen molar-refractivity contribution in [3.63, 3.8) is 0 Å². The largest absolute Gasteiger partial charge is 0.480 e. The Morgan fingerprint density at radius 3 is 1.97 bits per heavy atom. The van der Waals surface area contributed by atoms with E-state index in [0.717, 1.165) is 5.56 Å². The van der Waals surface area contributed by atoms with Crippen molar-refractivity contribution in [2.45, 2.75) is 51.7 Å². The van der Waals surface area contributed by atoms with E-state index >= 15 is 0 Å². The molecular weight excluding hydrogens is 412 g/mol. The first-order valence-corrected chi connectivity index (χ1v) is 10.2. The molecule has 0 heterocycles. The highest BCUT2D eigenvalue weighted by atomic mass is 16.6. The number of nitrogens with one attached hydrogen (secondary N) is 1. The van der Waals surface area contributed by atoms with E-state index in [1.807, 2.05) is 30.3 Å². The van der Waals surface area contributed by atoms with Crippen LogP contribution >= 0.6 is 0 Å². The molecule has 8 heteroatoms. The Balaban J connectivity index is 2.24. The second-order valence-corrected chi connectivity index (χ2v) is 8.24. The molecule has 0 saturated heterocycles. The first-order valence-electron chi connectivity index (χ1n) is 10.2. The van der Waals surface area contributed by atoms with Crippen LogP contribution < -0.4 is 5.43 Å². The van der Waals surface area contributed by atoms with Crippen LogP contribution in [0.1, 0.15) is 38.3 Å². The third-order valence-electron chi connectivity index (χ3n) is 4.42. The number of ether oxygens (including phenoxy) is 1. The SMILES string of the molecule is CC(C)(C)OC(=O)NN(C(=O)C(=O)CCc1ccccc1)[C@@H](Cc1ccccc1)C(=O)O. The lowest BCUT2D eigenvalue weighted by molar-refractivity contribution is -0.156. The Labute approximate surface area is 187 Å². The lowest BCUT2D eigenvalue weighted by atomic mass is 10.0. The van der Waals surface area contributed by atoms with Gasteiger partial charge in [0.15, 0.2) is 6.04 Å². The zero-order valence-electron chi connectivity index (χ0n) is 18.4. The predicted octanol–water partition coefficient (Wildman–Crippen LogP) is 3.15. The molecule has 1 atom stereocenters. The van der Waals surface area contributed by atoms with Crippen molar-refractivity contribution in [1.29, 1.82) is 0 Å². The Hall–Kier alpha value is -3.68. The topological polar surface area (TPSA) is 113 Å². The van der Waals surface area contributed by atoms with Crippen molar-refractivity contribution in [3.05, 3.63) is 71.8 Å². The molecule has 2 amide bonds. The number of nitrogens with zero attached hydrogens (tertiary/aromatic N) is 1. The third-order valence-corrected chi connectivity index (χ3v) is 4.42. The van der Waals surface area contributed by atoms with Crippen LogP contribution in [0.4, 0.5) is 4.79 Å². The minimum absolute atomic E-state index is 0.107. The summed E-state index contributed by atoms with van der Waals surface area (Å²) in [4.78, 5) is 49.9. The zero-order valence-corrected chi connectivity index (χ0v) is 18.4. The van der Waals surface area contributed by atoms with E-state index in [0.29, 0.717) is 17.0 Å². The molecule has 8 nitrogen and oxygen atoms in total. The number of carbonyl (C=O) groups is 4. The number of carboxylic acid groups (broad SMARTS) is 1. The summed E-state index contributed by atoms with van der Waals surface area (Å²) in [5, 5.41) is 10.4. The van der Waals surface area contributed by atoms with Gasteiger partial charge in [-0.2, -0.15) is 0 Å². The normalized spacial score (nSPS) is 11.8. The highest BCUT2D eigenvalue weighted by Crippen LogP contribution is 2.13. The number of ketones is 1. The molecule has 0 fully saturated rings. The first kappa shape index (κ1) is 24.6. The van der Waals surface area contributed by atoms with Gasteiger partial charge in [0.05, 0.1) is 0 Å². The van der Waals surface area contributed by atoms with E-state index in [4.69, 9.17) is 4.74 Å². The Kier molecular flexibility index (Phi) is 8.52.